The Bertz CT molecular complexity index is 587. The fraction of sp³-hybridized carbons (Fsp3) is 0.357. The molecule has 2 rings (SSSR count). The van der Waals surface area contributed by atoms with Crippen LogP contribution in [0.5, 0.6) is 0 Å². The molecule has 0 bridgehead atoms. The molecule has 1 heterocycles. The molecule has 0 aliphatic heterocycles. The molecule has 0 aliphatic rings. The second-order valence-corrected chi connectivity index (χ2v) is 5.25. The Labute approximate surface area is 122 Å². The van der Waals surface area contributed by atoms with Gasteiger partial charge in [0.15, 0.2) is 0 Å². The highest BCUT2D eigenvalue weighted by Gasteiger charge is 2.15. The van der Waals surface area contributed by atoms with Gasteiger partial charge in [0.2, 0.25) is 10.1 Å². The number of carbonyl (C=O) groups excluding carboxylic acids is 1. The zero-order valence-corrected chi connectivity index (χ0v) is 12.7. The maximum Gasteiger partial charge on any atom is 0.286 e. The predicted molar refractivity (Wildman–Crippen MR) is 82.6 cm³/mol. The fourth-order valence-corrected chi connectivity index (χ4v) is 2.58. The molecule has 1 aromatic heterocycles. The summed E-state index contributed by atoms with van der Waals surface area (Å²) in [5, 5.41) is 14.6. The zero-order valence-electron chi connectivity index (χ0n) is 11.9. The van der Waals surface area contributed by atoms with Gasteiger partial charge in [-0.1, -0.05) is 43.4 Å². The van der Waals surface area contributed by atoms with Gasteiger partial charge in [-0.25, -0.2) is 0 Å². The second kappa shape index (κ2) is 6.47. The van der Waals surface area contributed by atoms with E-state index >= 15 is 0 Å². The Morgan fingerprint density at radius 3 is 2.35 bits per heavy atom. The lowest BCUT2D eigenvalue weighted by molar-refractivity contribution is 0.102. The molecular formula is C14H18N4OS. The lowest BCUT2D eigenvalue weighted by Gasteiger charge is -2.13. The van der Waals surface area contributed by atoms with Crippen molar-refractivity contribution in [2.24, 2.45) is 0 Å². The number of aryl methyl sites for hydroxylation is 2. The second-order valence-electron chi connectivity index (χ2n) is 4.27. The molecule has 0 radical (unpaired) electrons. The van der Waals surface area contributed by atoms with E-state index in [1.807, 2.05) is 18.2 Å². The van der Waals surface area contributed by atoms with Crippen LogP contribution in [0, 0.1) is 0 Å². The number of nitrogens with zero attached hydrogens (tertiary/aromatic N) is 2. The monoisotopic (exact) mass is 290 g/mol. The highest BCUT2D eigenvalue weighted by Crippen LogP contribution is 2.24. The van der Waals surface area contributed by atoms with Gasteiger partial charge in [-0.3, -0.25) is 4.79 Å². The Morgan fingerprint density at radius 2 is 1.85 bits per heavy atom. The molecule has 0 fully saturated rings. The van der Waals surface area contributed by atoms with Gasteiger partial charge in [-0.05, 0) is 24.0 Å². The average molecular weight is 290 g/mol. The zero-order chi connectivity index (χ0) is 14.5. The number of carbonyl (C=O) groups is 1. The number of para-hydroxylation sites is 1. The van der Waals surface area contributed by atoms with Crippen molar-refractivity contribution in [2.75, 3.05) is 17.7 Å². The smallest absolute Gasteiger partial charge is 0.286 e. The highest BCUT2D eigenvalue weighted by atomic mass is 32.1. The van der Waals surface area contributed by atoms with E-state index in [9.17, 15) is 4.79 Å². The van der Waals surface area contributed by atoms with Gasteiger partial charge in [-0.15, -0.1) is 10.2 Å². The number of amides is 1. The minimum absolute atomic E-state index is 0.209. The van der Waals surface area contributed by atoms with Crippen molar-refractivity contribution >= 4 is 28.1 Å². The van der Waals surface area contributed by atoms with Crippen LogP contribution in [0.3, 0.4) is 0 Å². The van der Waals surface area contributed by atoms with Crippen LogP contribution in [0.25, 0.3) is 0 Å². The van der Waals surface area contributed by atoms with Crippen molar-refractivity contribution in [3.63, 3.8) is 0 Å². The van der Waals surface area contributed by atoms with Crippen LogP contribution in [-0.2, 0) is 12.8 Å². The van der Waals surface area contributed by atoms with Crippen molar-refractivity contribution < 1.29 is 4.79 Å². The van der Waals surface area contributed by atoms with E-state index in [-0.39, 0.29) is 5.91 Å². The molecule has 0 unspecified atom stereocenters. The predicted octanol–water partition coefficient (Wildman–Crippen LogP) is 2.96. The summed E-state index contributed by atoms with van der Waals surface area (Å²) < 4.78 is 0. The standard InChI is InChI=1S/C14H18N4OS/c1-4-9-7-6-8-10(5-2)11(9)16-12(19)13-17-18-14(15-3)20-13/h6-8H,4-5H2,1-3H3,(H,15,18)(H,16,19). The topological polar surface area (TPSA) is 66.9 Å². The van der Waals surface area contributed by atoms with Crippen molar-refractivity contribution in [2.45, 2.75) is 26.7 Å². The quantitative estimate of drug-likeness (QED) is 0.888. The Morgan fingerprint density at radius 1 is 1.20 bits per heavy atom. The van der Waals surface area contributed by atoms with E-state index in [4.69, 9.17) is 0 Å². The van der Waals surface area contributed by atoms with Crippen molar-refractivity contribution in [1.29, 1.82) is 0 Å². The molecule has 5 nitrogen and oxygen atoms in total. The van der Waals surface area contributed by atoms with E-state index < -0.39 is 0 Å². The van der Waals surface area contributed by atoms with E-state index in [1.165, 1.54) is 11.3 Å². The first-order valence-corrected chi connectivity index (χ1v) is 7.44. The molecule has 0 saturated heterocycles. The SMILES string of the molecule is CCc1cccc(CC)c1NC(=O)c1nnc(NC)s1. The Hall–Kier alpha value is -1.95. The summed E-state index contributed by atoms with van der Waals surface area (Å²) in [5.74, 6) is -0.209. The molecular weight excluding hydrogens is 272 g/mol. The van der Waals surface area contributed by atoms with Gasteiger partial charge >= 0.3 is 0 Å². The molecule has 6 heteroatoms. The van der Waals surface area contributed by atoms with Crippen molar-refractivity contribution in [1.82, 2.24) is 10.2 Å². The molecule has 0 saturated carbocycles. The average Bonchev–Trinajstić information content (AvgIpc) is 2.96. The summed E-state index contributed by atoms with van der Waals surface area (Å²) in [4.78, 5) is 12.2. The number of hydrogen-bond acceptors (Lipinski definition) is 5. The van der Waals surface area contributed by atoms with Crippen LogP contribution in [0.2, 0.25) is 0 Å². The van der Waals surface area contributed by atoms with Crippen LogP contribution in [-0.4, -0.2) is 23.2 Å². The van der Waals surface area contributed by atoms with E-state index in [1.54, 1.807) is 7.05 Å². The maximum absolute atomic E-state index is 12.2. The molecule has 0 aliphatic carbocycles. The van der Waals surface area contributed by atoms with Gasteiger partial charge in [0, 0.05) is 12.7 Å². The lowest BCUT2D eigenvalue weighted by atomic mass is 10.0. The van der Waals surface area contributed by atoms with Gasteiger partial charge in [0.25, 0.3) is 5.91 Å². The molecule has 2 N–H and O–H groups in total. The third kappa shape index (κ3) is 2.96. The summed E-state index contributed by atoms with van der Waals surface area (Å²) in [6, 6.07) is 6.10. The summed E-state index contributed by atoms with van der Waals surface area (Å²) in [5.41, 5.74) is 3.18. The van der Waals surface area contributed by atoms with Crippen LogP contribution in [0.4, 0.5) is 10.8 Å². The Balaban J connectivity index is 2.27. The van der Waals surface area contributed by atoms with Crippen molar-refractivity contribution in [3.8, 4) is 0 Å². The third-order valence-electron chi connectivity index (χ3n) is 3.07. The third-order valence-corrected chi connectivity index (χ3v) is 4.01. The summed E-state index contributed by atoms with van der Waals surface area (Å²) in [6.45, 7) is 4.16. The van der Waals surface area contributed by atoms with Gasteiger partial charge in [0.05, 0.1) is 0 Å². The normalized spacial score (nSPS) is 10.3. The van der Waals surface area contributed by atoms with Crippen LogP contribution in [0.15, 0.2) is 18.2 Å². The molecule has 1 aromatic carbocycles. The van der Waals surface area contributed by atoms with Crippen LogP contribution < -0.4 is 10.6 Å². The number of rotatable bonds is 5. The Kier molecular flexibility index (Phi) is 4.68. The lowest BCUT2D eigenvalue weighted by Crippen LogP contribution is -2.14. The summed E-state index contributed by atoms with van der Waals surface area (Å²) >= 11 is 1.24. The van der Waals surface area contributed by atoms with Gasteiger partial charge in [0.1, 0.15) is 0 Å². The van der Waals surface area contributed by atoms with Crippen molar-refractivity contribution in [3.05, 3.63) is 34.3 Å². The van der Waals surface area contributed by atoms with Crippen LogP contribution in [0.1, 0.15) is 34.8 Å². The molecule has 0 spiro atoms. The summed E-state index contributed by atoms with van der Waals surface area (Å²) in [6.07, 6.45) is 1.75. The molecule has 106 valence electrons. The number of benzene rings is 1. The maximum atomic E-state index is 12.2. The first-order chi connectivity index (χ1) is 9.69. The minimum atomic E-state index is -0.209. The number of nitrogens with one attached hydrogen (secondary N) is 2. The molecule has 2 aromatic rings. The number of hydrogen-bond donors (Lipinski definition) is 2. The van der Waals surface area contributed by atoms with Gasteiger partial charge in [-0.2, -0.15) is 0 Å². The molecule has 20 heavy (non-hydrogen) atoms. The molecule has 0 atom stereocenters. The van der Waals surface area contributed by atoms with E-state index in [0.717, 1.165) is 29.7 Å². The van der Waals surface area contributed by atoms with Crippen LogP contribution >= 0.6 is 11.3 Å². The van der Waals surface area contributed by atoms with E-state index in [2.05, 4.69) is 34.7 Å². The molecule has 1 amide bonds. The first kappa shape index (κ1) is 14.5. The van der Waals surface area contributed by atoms with Gasteiger partial charge < -0.3 is 10.6 Å². The highest BCUT2D eigenvalue weighted by molar-refractivity contribution is 7.17. The number of aromatic nitrogens is 2. The fourth-order valence-electron chi connectivity index (χ4n) is 1.99. The first-order valence-electron chi connectivity index (χ1n) is 6.62. The number of anilines is 2. The summed E-state index contributed by atoms with van der Waals surface area (Å²) in [7, 11) is 1.75. The van der Waals surface area contributed by atoms with E-state index in [0.29, 0.717) is 10.1 Å². The largest absolute Gasteiger partial charge is 0.363 e. The minimum Gasteiger partial charge on any atom is -0.363 e.